The van der Waals surface area contributed by atoms with Crippen LogP contribution in [0.5, 0.6) is 0 Å². The standard InChI is InChI=1S/C15H26N2S/c1-3-5-15(6-8-16-9-7-15)12-17-11-14-13(2)4-10-18-14/h4,10,16-17H,3,5-9,11-12H2,1-2H3. The second-order valence-corrected chi connectivity index (χ2v) is 6.63. The number of piperidine rings is 1. The van der Waals surface area contributed by atoms with Crippen molar-refractivity contribution in [2.24, 2.45) is 5.41 Å². The second kappa shape index (κ2) is 6.69. The minimum Gasteiger partial charge on any atom is -0.317 e. The van der Waals surface area contributed by atoms with Gasteiger partial charge in [0.15, 0.2) is 0 Å². The van der Waals surface area contributed by atoms with Crippen molar-refractivity contribution < 1.29 is 0 Å². The molecule has 18 heavy (non-hydrogen) atoms. The van der Waals surface area contributed by atoms with E-state index in [4.69, 9.17) is 0 Å². The van der Waals surface area contributed by atoms with Gasteiger partial charge in [0.05, 0.1) is 0 Å². The Morgan fingerprint density at radius 1 is 1.39 bits per heavy atom. The first-order valence-corrected chi connectivity index (χ1v) is 8.08. The Balaban J connectivity index is 1.84. The largest absolute Gasteiger partial charge is 0.317 e. The van der Waals surface area contributed by atoms with Crippen molar-refractivity contribution in [1.29, 1.82) is 0 Å². The van der Waals surface area contributed by atoms with Crippen LogP contribution >= 0.6 is 11.3 Å². The third kappa shape index (κ3) is 3.56. The summed E-state index contributed by atoms with van der Waals surface area (Å²) >= 11 is 1.87. The predicted molar refractivity (Wildman–Crippen MR) is 80.2 cm³/mol. The second-order valence-electron chi connectivity index (χ2n) is 5.63. The van der Waals surface area contributed by atoms with Crippen molar-refractivity contribution in [2.75, 3.05) is 19.6 Å². The summed E-state index contributed by atoms with van der Waals surface area (Å²) in [4.78, 5) is 1.50. The van der Waals surface area contributed by atoms with Crippen LogP contribution in [0, 0.1) is 12.3 Å². The van der Waals surface area contributed by atoms with Gasteiger partial charge in [0, 0.05) is 18.0 Å². The number of thiophene rings is 1. The maximum absolute atomic E-state index is 3.71. The van der Waals surface area contributed by atoms with Crippen LogP contribution in [-0.2, 0) is 6.54 Å². The van der Waals surface area contributed by atoms with Crippen LogP contribution in [0.1, 0.15) is 43.0 Å². The van der Waals surface area contributed by atoms with Gasteiger partial charge in [0.1, 0.15) is 0 Å². The zero-order valence-corrected chi connectivity index (χ0v) is 12.5. The minimum absolute atomic E-state index is 0.547. The van der Waals surface area contributed by atoms with Crippen LogP contribution < -0.4 is 10.6 Å². The predicted octanol–water partition coefficient (Wildman–Crippen LogP) is 3.32. The summed E-state index contributed by atoms with van der Waals surface area (Å²) in [5, 5.41) is 9.39. The Kier molecular flexibility index (Phi) is 5.22. The maximum atomic E-state index is 3.71. The lowest BCUT2D eigenvalue weighted by Gasteiger charge is -2.38. The van der Waals surface area contributed by atoms with Crippen LogP contribution in [0.3, 0.4) is 0 Å². The smallest absolute Gasteiger partial charge is 0.0302 e. The molecule has 0 saturated carbocycles. The molecule has 0 unspecified atom stereocenters. The van der Waals surface area contributed by atoms with E-state index in [1.165, 1.54) is 55.8 Å². The molecular formula is C15H26N2S. The molecule has 1 saturated heterocycles. The molecule has 2 heterocycles. The van der Waals surface area contributed by atoms with Crippen LogP contribution in [0.4, 0.5) is 0 Å². The zero-order chi connectivity index (χ0) is 12.8. The summed E-state index contributed by atoms with van der Waals surface area (Å²) < 4.78 is 0. The average Bonchev–Trinajstić information content (AvgIpc) is 2.77. The van der Waals surface area contributed by atoms with Crippen LogP contribution in [0.2, 0.25) is 0 Å². The first-order valence-electron chi connectivity index (χ1n) is 7.20. The quantitative estimate of drug-likeness (QED) is 0.825. The van der Waals surface area contributed by atoms with E-state index in [-0.39, 0.29) is 0 Å². The van der Waals surface area contributed by atoms with E-state index in [0.29, 0.717) is 5.41 Å². The summed E-state index contributed by atoms with van der Waals surface area (Å²) in [6.45, 7) is 9.13. The lowest BCUT2D eigenvalue weighted by Crippen LogP contribution is -2.43. The van der Waals surface area contributed by atoms with Gasteiger partial charge in [0.2, 0.25) is 0 Å². The highest BCUT2D eigenvalue weighted by molar-refractivity contribution is 7.10. The molecule has 2 nitrogen and oxygen atoms in total. The fourth-order valence-electron chi connectivity index (χ4n) is 3.03. The van der Waals surface area contributed by atoms with Gasteiger partial charge >= 0.3 is 0 Å². The highest BCUT2D eigenvalue weighted by atomic mass is 32.1. The SMILES string of the molecule is CCCC1(CNCc2sccc2C)CCNCC1. The molecule has 2 rings (SSSR count). The van der Waals surface area contributed by atoms with Crippen molar-refractivity contribution in [1.82, 2.24) is 10.6 Å². The highest BCUT2D eigenvalue weighted by Crippen LogP contribution is 2.33. The van der Waals surface area contributed by atoms with E-state index in [9.17, 15) is 0 Å². The molecule has 0 aromatic carbocycles. The summed E-state index contributed by atoms with van der Waals surface area (Å²) in [6.07, 6.45) is 5.33. The molecule has 1 fully saturated rings. The molecule has 0 amide bonds. The van der Waals surface area contributed by atoms with Gasteiger partial charge in [-0.2, -0.15) is 0 Å². The Morgan fingerprint density at radius 3 is 2.78 bits per heavy atom. The molecule has 0 radical (unpaired) electrons. The third-order valence-corrected chi connectivity index (χ3v) is 5.22. The van der Waals surface area contributed by atoms with Gasteiger partial charge < -0.3 is 10.6 Å². The Hall–Kier alpha value is -0.380. The molecule has 1 aromatic heterocycles. The lowest BCUT2D eigenvalue weighted by molar-refractivity contribution is 0.176. The minimum atomic E-state index is 0.547. The maximum Gasteiger partial charge on any atom is 0.0302 e. The number of rotatable bonds is 6. The fraction of sp³-hybridized carbons (Fsp3) is 0.733. The van der Waals surface area contributed by atoms with Crippen LogP contribution in [-0.4, -0.2) is 19.6 Å². The van der Waals surface area contributed by atoms with Crippen LogP contribution in [0.15, 0.2) is 11.4 Å². The number of nitrogens with one attached hydrogen (secondary N) is 2. The van der Waals surface area contributed by atoms with E-state index < -0.39 is 0 Å². The van der Waals surface area contributed by atoms with E-state index in [2.05, 4.69) is 35.9 Å². The van der Waals surface area contributed by atoms with Gasteiger partial charge in [-0.3, -0.25) is 0 Å². The topological polar surface area (TPSA) is 24.1 Å². The molecule has 0 bridgehead atoms. The van der Waals surface area contributed by atoms with Gasteiger partial charge in [-0.05, 0) is 61.7 Å². The fourth-order valence-corrected chi connectivity index (χ4v) is 3.90. The first kappa shape index (κ1) is 14.0. The third-order valence-electron chi connectivity index (χ3n) is 4.20. The molecule has 102 valence electrons. The summed E-state index contributed by atoms with van der Waals surface area (Å²) in [5.74, 6) is 0. The number of aryl methyl sites for hydroxylation is 1. The van der Waals surface area contributed by atoms with E-state index >= 15 is 0 Å². The van der Waals surface area contributed by atoms with Crippen molar-refractivity contribution >= 4 is 11.3 Å². The molecule has 1 aromatic rings. The number of hydrogen-bond donors (Lipinski definition) is 2. The van der Waals surface area contributed by atoms with Crippen molar-refractivity contribution in [2.45, 2.75) is 46.1 Å². The molecule has 0 spiro atoms. The summed E-state index contributed by atoms with van der Waals surface area (Å²) in [7, 11) is 0. The molecular weight excluding hydrogens is 240 g/mol. The molecule has 0 atom stereocenters. The van der Waals surface area contributed by atoms with Crippen molar-refractivity contribution in [3.8, 4) is 0 Å². The van der Waals surface area contributed by atoms with Crippen LogP contribution in [0.25, 0.3) is 0 Å². The van der Waals surface area contributed by atoms with Gasteiger partial charge in [-0.1, -0.05) is 13.3 Å². The summed E-state index contributed by atoms with van der Waals surface area (Å²) in [5.41, 5.74) is 1.98. The lowest BCUT2D eigenvalue weighted by atomic mass is 9.75. The van der Waals surface area contributed by atoms with E-state index in [0.717, 1.165) is 6.54 Å². The molecule has 0 aliphatic carbocycles. The van der Waals surface area contributed by atoms with E-state index in [1.54, 1.807) is 0 Å². The monoisotopic (exact) mass is 266 g/mol. The summed E-state index contributed by atoms with van der Waals surface area (Å²) in [6, 6.07) is 2.22. The molecule has 3 heteroatoms. The zero-order valence-electron chi connectivity index (χ0n) is 11.7. The van der Waals surface area contributed by atoms with Crippen molar-refractivity contribution in [3.05, 3.63) is 21.9 Å². The molecule has 2 N–H and O–H groups in total. The van der Waals surface area contributed by atoms with Gasteiger partial charge in [0.25, 0.3) is 0 Å². The average molecular weight is 266 g/mol. The first-order chi connectivity index (χ1) is 8.76. The highest BCUT2D eigenvalue weighted by Gasteiger charge is 2.30. The number of hydrogen-bond acceptors (Lipinski definition) is 3. The van der Waals surface area contributed by atoms with Gasteiger partial charge in [-0.25, -0.2) is 0 Å². The Morgan fingerprint density at radius 2 is 2.17 bits per heavy atom. The Bertz CT molecular complexity index is 348. The van der Waals surface area contributed by atoms with Crippen molar-refractivity contribution in [3.63, 3.8) is 0 Å². The normalized spacial score (nSPS) is 19.0. The molecule has 1 aliphatic heterocycles. The van der Waals surface area contributed by atoms with Gasteiger partial charge in [-0.15, -0.1) is 11.3 Å². The van der Waals surface area contributed by atoms with E-state index in [1.807, 2.05) is 11.3 Å². The molecule has 1 aliphatic rings. The Labute approximate surface area is 115 Å².